The predicted octanol–water partition coefficient (Wildman–Crippen LogP) is 3.60. The molecular weight excluding hydrogens is 410 g/mol. The molecule has 1 fully saturated rings. The number of piperidine rings is 1. The second kappa shape index (κ2) is 8.76. The molecule has 8 nitrogen and oxygen atoms in total. The second-order valence-electron chi connectivity index (χ2n) is 8.12. The monoisotopic (exact) mass is 437 g/mol. The van der Waals surface area contributed by atoms with E-state index in [9.17, 15) is 4.79 Å². The summed E-state index contributed by atoms with van der Waals surface area (Å²) in [6.07, 6.45) is 3.99. The van der Waals surface area contributed by atoms with E-state index in [0.29, 0.717) is 0 Å². The average molecular weight is 438 g/mol. The van der Waals surface area contributed by atoms with Crippen LogP contribution in [0.15, 0.2) is 46.6 Å². The Labute approximate surface area is 184 Å². The summed E-state index contributed by atoms with van der Waals surface area (Å²) in [5, 5.41) is 14.8. The summed E-state index contributed by atoms with van der Waals surface area (Å²) in [7, 11) is 0. The molecule has 0 bridgehead atoms. The topological polar surface area (TPSA) is 84.6 Å². The SMILES string of the molecule is CCCCn1nnnc1C(c1cccs1)N1CCC(n2c(=O)[nH]c3ccccc32)CC1. The Balaban J connectivity index is 1.40. The van der Waals surface area contributed by atoms with Crippen LogP contribution < -0.4 is 5.69 Å². The Bertz CT molecular complexity index is 1180. The van der Waals surface area contributed by atoms with E-state index in [1.54, 1.807) is 11.3 Å². The number of thiophene rings is 1. The molecule has 5 rings (SSSR count). The first-order valence-electron chi connectivity index (χ1n) is 11.0. The van der Waals surface area contributed by atoms with Crippen molar-refractivity contribution in [2.24, 2.45) is 0 Å². The molecule has 0 spiro atoms. The van der Waals surface area contributed by atoms with Gasteiger partial charge in [0.05, 0.1) is 11.0 Å². The van der Waals surface area contributed by atoms with Gasteiger partial charge in [0.25, 0.3) is 0 Å². The first-order valence-corrected chi connectivity index (χ1v) is 11.9. The molecule has 31 heavy (non-hydrogen) atoms. The molecule has 0 aliphatic carbocycles. The van der Waals surface area contributed by atoms with Gasteiger partial charge in [0.1, 0.15) is 6.04 Å². The third-order valence-corrected chi connectivity index (χ3v) is 7.12. The number of nitrogens with one attached hydrogen (secondary N) is 1. The van der Waals surface area contributed by atoms with Gasteiger partial charge in [-0.1, -0.05) is 31.5 Å². The zero-order chi connectivity index (χ0) is 21.2. The maximum Gasteiger partial charge on any atom is 0.326 e. The first-order chi connectivity index (χ1) is 15.3. The summed E-state index contributed by atoms with van der Waals surface area (Å²) in [6.45, 7) is 4.79. The number of likely N-dealkylation sites (tertiary alicyclic amines) is 1. The molecule has 162 valence electrons. The van der Waals surface area contributed by atoms with Gasteiger partial charge in [-0.05, 0) is 53.3 Å². The number of rotatable bonds is 7. The minimum atomic E-state index is -0.0158. The minimum absolute atomic E-state index is 0.0158. The third-order valence-electron chi connectivity index (χ3n) is 6.19. The van der Waals surface area contributed by atoms with Gasteiger partial charge in [-0.15, -0.1) is 16.4 Å². The van der Waals surface area contributed by atoms with E-state index in [0.717, 1.165) is 62.2 Å². The van der Waals surface area contributed by atoms with Gasteiger partial charge in [0.2, 0.25) is 0 Å². The fraction of sp³-hybridized carbons (Fsp3) is 0.455. The molecule has 3 aromatic heterocycles. The molecule has 4 aromatic rings. The number of hydrogen-bond acceptors (Lipinski definition) is 6. The van der Waals surface area contributed by atoms with E-state index in [1.165, 1.54) is 4.88 Å². The number of aromatic amines is 1. The number of aryl methyl sites for hydroxylation is 1. The predicted molar refractivity (Wildman–Crippen MR) is 121 cm³/mol. The van der Waals surface area contributed by atoms with Crippen molar-refractivity contribution < 1.29 is 0 Å². The maximum atomic E-state index is 12.6. The van der Waals surface area contributed by atoms with Gasteiger partial charge in [-0.2, -0.15) is 0 Å². The molecule has 0 saturated carbocycles. The summed E-state index contributed by atoms with van der Waals surface area (Å²) in [5.74, 6) is 0.915. The van der Waals surface area contributed by atoms with Crippen LogP contribution in [0.25, 0.3) is 11.0 Å². The van der Waals surface area contributed by atoms with E-state index in [-0.39, 0.29) is 17.8 Å². The lowest BCUT2D eigenvalue weighted by Crippen LogP contribution is -2.40. The van der Waals surface area contributed by atoms with E-state index in [4.69, 9.17) is 0 Å². The fourth-order valence-corrected chi connectivity index (χ4v) is 5.49. The largest absolute Gasteiger partial charge is 0.326 e. The summed E-state index contributed by atoms with van der Waals surface area (Å²) in [5.41, 5.74) is 1.88. The Morgan fingerprint density at radius 3 is 2.81 bits per heavy atom. The summed E-state index contributed by atoms with van der Waals surface area (Å²) in [6, 6.07) is 12.4. The lowest BCUT2D eigenvalue weighted by molar-refractivity contribution is 0.148. The lowest BCUT2D eigenvalue weighted by atomic mass is 10.0. The summed E-state index contributed by atoms with van der Waals surface area (Å²) >= 11 is 1.75. The summed E-state index contributed by atoms with van der Waals surface area (Å²) in [4.78, 5) is 19.4. The number of para-hydroxylation sites is 2. The number of nitrogens with zero attached hydrogens (tertiary/aromatic N) is 6. The van der Waals surface area contributed by atoms with Crippen molar-refractivity contribution >= 4 is 22.4 Å². The van der Waals surface area contributed by atoms with Crippen molar-refractivity contribution in [3.63, 3.8) is 0 Å². The highest BCUT2D eigenvalue weighted by Gasteiger charge is 2.33. The molecule has 1 saturated heterocycles. The van der Waals surface area contributed by atoms with Crippen molar-refractivity contribution in [2.45, 2.75) is 51.2 Å². The molecule has 0 radical (unpaired) electrons. The van der Waals surface area contributed by atoms with Crippen molar-refractivity contribution in [3.8, 4) is 0 Å². The molecular formula is C22H27N7OS. The van der Waals surface area contributed by atoms with Crippen LogP contribution in [0.1, 0.15) is 55.4 Å². The van der Waals surface area contributed by atoms with Gasteiger partial charge in [0, 0.05) is 30.6 Å². The third kappa shape index (κ3) is 3.83. The van der Waals surface area contributed by atoms with Gasteiger partial charge in [0.15, 0.2) is 5.82 Å². The van der Waals surface area contributed by atoms with Crippen LogP contribution in [-0.4, -0.2) is 47.7 Å². The number of benzene rings is 1. The van der Waals surface area contributed by atoms with Crippen LogP contribution in [-0.2, 0) is 6.54 Å². The second-order valence-corrected chi connectivity index (χ2v) is 9.10. The maximum absolute atomic E-state index is 12.6. The van der Waals surface area contributed by atoms with Crippen molar-refractivity contribution in [2.75, 3.05) is 13.1 Å². The van der Waals surface area contributed by atoms with Crippen molar-refractivity contribution in [1.29, 1.82) is 0 Å². The van der Waals surface area contributed by atoms with Crippen LogP contribution in [0.5, 0.6) is 0 Å². The number of tetrazole rings is 1. The molecule has 1 unspecified atom stereocenters. The van der Waals surface area contributed by atoms with E-state index in [1.807, 2.05) is 33.5 Å². The number of aromatic nitrogens is 6. The van der Waals surface area contributed by atoms with Gasteiger partial charge < -0.3 is 4.98 Å². The zero-order valence-corrected chi connectivity index (χ0v) is 18.5. The lowest BCUT2D eigenvalue weighted by Gasteiger charge is -2.36. The Kier molecular flexibility index (Phi) is 5.69. The molecule has 1 aromatic carbocycles. The Morgan fingerprint density at radius 2 is 2.03 bits per heavy atom. The molecule has 1 aliphatic rings. The zero-order valence-electron chi connectivity index (χ0n) is 17.6. The number of imidazole rings is 1. The highest BCUT2D eigenvalue weighted by atomic mass is 32.1. The van der Waals surface area contributed by atoms with Crippen LogP contribution in [0.4, 0.5) is 0 Å². The fourth-order valence-electron chi connectivity index (χ4n) is 4.63. The first kappa shape index (κ1) is 20.1. The smallest absolute Gasteiger partial charge is 0.306 e. The molecule has 4 heterocycles. The quantitative estimate of drug-likeness (QED) is 0.477. The number of unbranched alkanes of at least 4 members (excludes halogenated alkanes) is 1. The molecule has 1 atom stereocenters. The van der Waals surface area contributed by atoms with Crippen LogP contribution in [0.2, 0.25) is 0 Å². The molecule has 1 N–H and O–H groups in total. The van der Waals surface area contributed by atoms with Gasteiger partial charge in [-0.3, -0.25) is 9.47 Å². The molecule has 1 aliphatic heterocycles. The van der Waals surface area contributed by atoms with Crippen LogP contribution in [0, 0.1) is 0 Å². The van der Waals surface area contributed by atoms with Gasteiger partial charge >= 0.3 is 5.69 Å². The van der Waals surface area contributed by atoms with Crippen molar-refractivity contribution in [1.82, 2.24) is 34.7 Å². The average Bonchev–Trinajstić information content (AvgIpc) is 3.53. The number of fused-ring (bicyclic) bond motifs is 1. The molecule has 0 amide bonds. The van der Waals surface area contributed by atoms with Crippen LogP contribution >= 0.6 is 11.3 Å². The van der Waals surface area contributed by atoms with E-state index in [2.05, 4.69) is 49.8 Å². The van der Waals surface area contributed by atoms with Crippen molar-refractivity contribution in [3.05, 3.63) is 63.0 Å². The van der Waals surface area contributed by atoms with Gasteiger partial charge in [-0.25, -0.2) is 9.48 Å². The summed E-state index contributed by atoms with van der Waals surface area (Å²) < 4.78 is 3.91. The Morgan fingerprint density at radius 1 is 1.19 bits per heavy atom. The highest BCUT2D eigenvalue weighted by molar-refractivity contribution is 7.10. The van der Waals surface area contributed by atoms with E-state index < -0.39 is 0 Å². The van der Waals surface area contributed by atoms with Crippen LogP contribution in [0.3, 0.4) is 0 Å². The number of H-pyrrole nitrogens is 1. The molecule has 9 heteroatoms. The Hall–Kier alpha value is -2.78. The standard InChI is InChI=1S/C22H27N7OS/c1-2-3-12-28-21(24-25-26-28)20(19-9-6-15-31-19)27-13-10-16(11-14-27)29-18-8-5-4-7-17(18)23-22(29)30/h4-9,15-16,20H,2-3,10-14H2,1H3,(H,23,30). The number of hydrogen-bond donors (Lipinski definition) is 1. The highest BCUT2D eigenvalue weighted by Crippen LogP contribution is 2.35. The van der Waals surface area contributed by atoms with E-state index >= 15 is 0 Å². The normalized spacial score (nSPS) is 16.8. The minimum Gasteiger partial charge on any atom is -0.306 e.